The molecule has 2 aromatic heterocycles. The molecule has 0 fully saturated rings. The lowest BCUT2D eigenvalue weighted by molar-refractivity contribution is 0.600. The first kappa shape index (κ1) is 12.8. The first-order valence-electron chi connectivity index (χ1n) is 4.84. The fraction of sp³-hybridized carbons (Fsp3) is 0.111. The van der Waals surface area contributed by atoms with E-state index in [0.717, 1.165) is 0 Å². The van der Waals surface area contributed by atoms with Gasteiger partial charge in [-0.2, -0.15) is 5.10 Å². The number of hydrogen-bond acceptors (Lipinski definition) is 5. The molecular weight excluding hydrogens is 322 g/mol. The van der Waals surface area contributed by atoms with E-state index in [2.05, 4.69) is 35.8 Å². The molecule has 7 nitrogen and oxygen atoms in total. The van der Waals surface area contributed by atoms with Crippen molar-refractivity contribution in [3.63, 3.8) is 0 Å². The second kappa shape index (κ2) is 4.58. The minimum Gasteiger partial charge on any atom is -0.394 e. The number of rotatable bonds is 3. The van der Waals surface area contributed by atoms with Gasteiger partial charge >= 0.3 is 0 Å². The summed E-state index contributed by atoms with van der Waals surface area (Å²) < 4.78 is 26.9. The molecule has 4 N–H and O–H groups in total. The zero-order valence-electron chi connectivity index (χ0n) is 9.31. The van der Waals surface area contributed by atoms with Gasteiger partial charge in [-0.25, -0.2) is 8.42 Å². The van der Waals surface area contributed by atoms with Crippen LogP contribution < -0.4 is 10.5 Å². The van der Waals surface area contributed by atoms with Gasteiger partial charge in [-0.05, 0) is 28.9 Å². The molecule has 0 bridgehead atoms. The molecule has 0 spiro atoms. The molecule has 0 radical (unpaired) electrons. The van der Waals surface area contributed by atoms with Crippen molar-refractivity contribution in [3.05, 3.63) is 28.6 Å². The third kappa shape index (κ3) is 2.46. The number of aryl methyl sites for hydroxylation is 1. The Balaban J connectivity index is 2.36. The molecule has 0 unspecified atom stereocenters. The molecular formula is C9H10BrN5O2S. The van der Waals surface area contributed by atoms with E-state index in [4.69, 9.17) is 5.73 Å². The summed E-state index contributed by atoms with van der Waals surface area (Å²) >= 11 is 3.16. The lowest BCUT2D eigenvalue weighted by atomic mass is 10.4. The summed E-state index contributed by atoms with van der Waals surface area (Å²) in [6, 6.07) is 1.44. The Morgan fingerprint density at radius 2 is 2.17 bits per heavy atom. The lowest BCUT2D eigenvalue weighted by Gasteiger charge is -2.06. The summed E-state index contributed by atoms with van der Waals surface area (Å²) in [6.45, 7) is 1.70. The van der Waals surface area contributed by atoms with Crippen LogP contribution in [0.2, 0.25) is 0 Å². The first-order chi connectivity index (χ1) is 8.40. The first-order valence-corrected chi connectivity index (χ1v) is 7.11. The van der Waals surface area contributed by atoms with Crippen LogP contribution in [0.4, 0.5) is 11.5 Å². The Hall–Kier alpha value is -1.61. The summed E-state index contributed by atoms with van der Waals surface area (Å²) in [5.41, 5.74) is 6.53. The van der Waals surface area contributed by atoms with Crippen LogP contribution in [0.15, 0.2) is 27.8 Å². The van der Waals surface area contributed by atoms with Gasteiger partial charge in [0.05, 0.1) is 11.4 Å². The van der Waals surface area contributed by atoms with Crippen molar-refractivity contribution in [2.24, 2.45) is 0 Å². The summed E-state index contributed by atoms with van der Waals surface area (Å²) in [5.74, 6) is 0.0764. The van der Waals surface area contributed by atoms with Crippen LogP contribution in [-0.2, 0) is 10.0 Å². The topological polar surface area (TPSA) is 114 Å². The van der Waals surface area contributed by atoms with Gasteiger partial charge in [0, 0.05) is 16.9 Å². The third-order valence-electron chi connectivity index (χ3n) is 2.22. The minimum atomic E-state index is -3.75. The Morgan fingerprint density at radius 1 is 1.44 bits per heavy atom. The average Bonchev–Trinajstić information content (AvgIpc) is 2.61. The SMILES string of the molecule is Cc1[nH]nc(NS(=O)(=O)c2cncc(Br)c2)c1N. The molecule has 0 aliphatic rings. The van der Waals surface area contributed by atoms with Crippen molar-refractivity contribution in [1.82, 2.24) is 15.2 Å². The van der Waals surface area contributed by atoms with Crippen molar-refractivity contribution in [1.29, 1.82) is 0 Å². The quantitative estimate of drug-likeness (QED) is 0.783. The smallest absolute Gasteiger partial charge is 0.264 e. The summed E-state index contributed by atoms with van der Waals surface area (Å²) in [6.07, 6.45) is 2.73. The number of nitrogens with zero attached hydrogens (tertiary/aromatic N) is 2. The molecule has 0 amide bonds. The van der Waals surface area contributed by atoms with Crippen molar-refractivity contribution in [2.75, 3.05) is 10.5 Å². The Morgan fingerprint density at radius 3 is 2.72 bits per heavy atom. The van der Waals surface area contributed by atoms with Crippen molar-refractivity contribution < 1.29 is 8.42 Å². The predicted octanol–water partition coefficient (Wildman–Crippen LogP) is 1.26. The maximum Gasteiger partial charge on any atom is 0.264 e. The summed E-state index contributed by atoms with van der Waals surface area (Å²) in [4.78, 5) is 3.82. The minimum absolute atomic E-state index is 0.0249. The van der Waals surface area contributed by atoms with Crippen molar-refractivity contribution in [3.8, 4) is 0 Å². The van der Waals surface area contributed by atoms with Gasteiger partial charge in [0.1, 0.15) is 4.90 Å². The van der Waals surface area contributed by atoms with Crippen LogP contribution in [0.1, 0.15) is 5.69 Å². The highest BCUT2D eigenvalue weighted by atomic mass is 79.9. The number of pyridine rings is 1. The molecule has 0 aliphatic heterocycles. The van der Waals surface area contributed by atoms with Crippen molar-refractivity contribution >= 4 is 37.5 Å². The number of sulfonamides is 1. The van der Waals surface area contributed by atoms with Gasteiger partial charge in [0.15, 0.2) is 5.82 Å². The molecule has 2 heterocycles. The van der Waals surface area contributed by atoms with Gasteiger partial charge in [-0.1, -0.05) is 0 Å². The largest absolute Gasteiger partial charge is 0.394 e. The second-order valence-corrected chi connectivity index (χ2v) is 6.15. The number of nitrogens with two attached hydrogens (primary N) is 1. The zero-order valence-corrected chi connectivity index (χ0v) is 11.7. The number of aromatic amines is 1. The van der Waals surface area contributed by atoms with Crippen molar-refractivity contribution in [2.45, 2.75) is 11.8 Å². The number of nitrogen functional groups attached to an aromatic ring is 1. The van der Waals surface area contributed by atoms with E-state index in [0.29, 0.717) is 10.2 Å². The second-order valence-electron chi connectivity index (χ2n) is 3.56. The van der Waals surface area contributed by atoms with E-state index in [1.54, 1.807) is 6.92 Å². The molecule has 96 valence electrons. The van der Waals surface area contributed by atoms with Crippen LogP contribution in [-0.4, -0.2) is 23.6 Å². The maximum absolute atomic E-state index is 12.0. The number of aromatic nitrogens is 3. The zero-order chi connectivity index (χ0) is 13.3. The van der Waals surface area contributed by atoms with Gasteiger partial charge in [0.2, 0.25) is 0 Å². The molecule has 0 saturated heterocycles. The van der Waals surface area contributed by atoms with Crippen LogP contribution in [0.3, 0.4) is 0 Å². The average molecular weight is 332 g/mol. The van der Waals surface area contributed by atoms with Crippen LogP contribution >= 0.6 is 15.9 Å². The summed E-state index contributed by atoms with van der Waals surface area (Å²) in [5, 5.41) is 6.37. The molecule has 18 heavy (non-hydrogen) atoms. The number of H-pyrrole nitrogens is 1. The fourth-order valence-electron chi connectivity index (χ4n) is 1.24. The van der Waals surface area contributed by atoms with Gasteiger partial charge < -0.3 is 5.73 Å². The number of halogens is 1. The maximum atomic E-state index is 12.0. The molecule has 0 saturated carbocycles. The van der Waals surface area contributed by atoms with Gasteiger partial charge in [0.25, 0.3) is 10.0 Å². The highest BCUT2D eigenvalue weighted by Gasteiger charge is 2.18. The van der Waals surface area contributed by atoms with Crippen LogP contribution in [0, 0.1) is 6.92 Å². The van der Waals surface area contributed by atoms with E-state index < -0.39 is 10.0 Å². The fourth-order valence-corrected chi connectivity index (χ4v) is 2.77. The predicted molar refractivity (Wildman–Crippen MR) is 70.5 cm³/mol. The third-order valence-corrected chi connectivity index (χ3v) is 3.96. The highest BCUT2D eigenvalue weighted by molar-refractivity contribution is 9.10. The van der Waals surface area contributed by atoms with Gasteiger partial charge in [-0.3, -0.25) is 14.8 Å². The number of anilines is 2. The molecule has 0 aliphatic carbocycles. The monoisotopic (exact) mass is 331 g/mol. The van der Waals surface area contributed by atoms with E-state index in [9.17, 15) is 8.42 Å². The normalized spacial score (nSPS) is 11.4. The number of hydrogen-bond donors (Lipinski definition) is 3. The Kier molecular flexibility index (Phi) is 3.26. The van der Waals surface area contributed by atoms with Crippen LogP contribution in [0.25, 0.3) is 0 Å². The lowest BCUT2D eigenvalue weighted by Crippen LogP contribution is -2.14. The Labute approximate surface area is 112 Å². The molecule has 2 aromatic rings. The van der Waals surface area contributed by atoms with E-state index in [1.165, 1.54) is 18.5 Å². The van der Waals surface area contributed by atoms with E-state index >= 15 is 0 Å². The standard InChI is InChI=1S/C9H10BrN5O2S/c1-5-8(11)9(14-13-5)15-18(16,17)7-2-6(10)3-12-4-7/h2-4H,11H2,1H3,(H2,13,14,15). The van der Waals surface area contributed by atoms with E-state index in [1.807, 2.05) is 0 Å². The molecule has 0 aromatic carbocycles. The molecule has 0 atom stereocenters. The summed E-state index contributed by atoms with van der Waals surface area (Å²) in [7, 11) is -3.75. The molecule has 9 heteroatoms. The van der Waals surface area contributed by atoms with E-state index in [-0.39, 0.29) is 16.4 Å². The highest BCUT2D eigenvalue weighted by Crippen LogP contribution is 2.22. The molecule has 2 rings (SSSR count). The Bertz CT molecular complexity index is 682. The number of nitrogens with one attached hydrogen (secondary N) is 2. The van der Waals surface area contributed by atoms with Crippen LogP contribution in [0.5, 0.6) is 0 Å². The van der Waals surface area contributed by atoms with Gasteiger partial charge in [-0.15, -0.1) is 0 Å².